The molecule has 0 radical (unpaired) electrons. The Balaban J connectivity index is 0.00000506. The summed E-state index contributed by atoms with van der Waals surface area (Å²) in [5.41, 5.74) is 1.38. The monoisotopic (exact) mass is 615 g/mol. The van der Waals surface area contributed by atoms with Crippen LogP contribution < -0.4 is 4.74 Å². The van der Waals surface area contributed by atoms with Gasteiger partial charge in [0.1, 0.15) is 11.6 Å². The second-order valence-electron chi connectivity index (χ2n) is 10.3. The van der Waals surface area contributed by atoms with Gasteiger partial charge >= 0.3 is 12.1 Å². The van der Waals surface area contributed by atoms with E-state index in [4.69, 9.17) is 9.84 Å². The van der Waals surface area contributed by atoms with E-state index in [1.165, 1.54) is 12.1 Å². The number of carboxylic acids is 1. The number of halogens is 5. The van der Waals surface area contributed by atoms with Gasteiger partial charge in [-0.1, -0.05) is 84.9 Å². The number of nitrogens with zero attached hydrogens (tertiary/aromatic N) is 1. The normalized spacial score (nSPS) is 12.2. The number of carboxylic acid groups (broad SMARTS) is 1. The molecule has 1 N–H and O–H groups in total. The van der Waals surface area contributed by atoms with Gasteiger partial charge in [-0.05, 0) is 48.2 Å². The quantitative estimate of drug-likeness (QED) is 0.154. The topological polar surface area (TPSA) is 49.8 Å². The van der Waals surface area contributed by atoms with Crippen molar-refractivity contribution in [1.29, 1.82) is 0 Å². The third-order valence-corrected chi connectivity index (χ3v) is 7.26. The van der Waals surface area contributed by atoms with Crippen LogP contribution in [0.2, 0.25) is 0 Å². The molecule has 1 atom stereocenters. The number of ether oxygens (including phenoxy) is 1. The van der Waals surface area contributed by atoms with E-state index in [2.05, 4.69) is 0 Å². The summed E-state index contributed by atoms with van der Waals surface area (Å²) >= 11 is 0. The maximum absolute atomic E-state index is 15.2. The van der Waals surface area contributed by atoms with Crippen molar-refractivity contribution in [3.63, 3.8) is 0 Å². The molecular formula is C34H34ClF4NO3. The molecule has 0 aliphatic rings. The third-order valence-electron chi connectivity index (χ3n) is 7.26. The van der Waals surface area contributed by atoms with Crippen molar-refractivity contribution in [2.75, 3.05) is 13.2 Å². The van der Waals surface area contributed by atoms with Gasteiger partial charge in [0.25, 0.3) is 0 Å². The van der Waals surface area contributed by atoms with E-state index in [1.54, 1.807) is 24.3 Å². The largest absolute Gasteiger partial charge is 0.494 e. The smallest absolute Gasteiger partial charge is 0.419 e. The van der Waals surface area contributed by atoms with Crippen molar-refractivity contribution in [3.8, 4) is 5.75 Å². The van der Waals surface area contributed by atoms with E-state index in [0.29, 0.717) is 24.3 Å². The molecular weight excluding hydrogens is 582 g/mol. The van der Waals surface area contributed by atoms with E-state index in [0.717, 1.165) is 17.2 Å². The Hall–Kier alpha value is -3.88. The standard InChI is InChI=1S/C34H33F4NO3.ClH/c1-24(18-19-42-29-16-8-10-25(20-29)21-32(40)41)39(22-28-15-9-17-31(33(28)35)34(36,37)38)23-30(26-11-4-2-5-12-26)27-13-6-3-7-14-27;/h2-17,20,24,30H,18-19,21-23H2,1H3,(H,40,41);1H/t24-;/m1./s1. The number of hydrogen-bond donors (Lipinski definition) is 1. The van der Waals surface area contributed by atoms with Crippen molar-refractivity contribution >= 4 is 18.4 Å². The Morgan fingerprint density at radius 1 is 0.884 bits per heavy atom. The van der Waals surface area contributed by atoms with Crippen molar-refractivity contribution < 1.29 is 32.2 Å². The number of aliphatic carboxylic acids is 1. The van der Waals surface area contributed by atoms with E-state index < -0.39 is 23.5 Å². The fourth-order valence-corrected chi connectivity index (χ4v) is 5.00. The van der Waals surface area contributed by atoms with Crippen LogP contribution in [0.1, 0.15) is 47.1 Å². The molecule has 4 aromatic rings. The van der Waals surface area contributed by atoms with Crippen LogP contribution in [-0.2, 0) is 23.9 Å². The van der Waals surface area contributed by atoms with Crippen LogP contribution in [-0.4, -0.2) is 35.2 Å². The predicted molar refractivity (Wildman–Crippen MR) is 161 cm³/mol. The lowest BCUT2D eigenvalue weighted by molar-refractivity contribution is -0.140. The maximum Gasteiger partial charge on any atom is 0.419 e. The van der Waals surface area contributed by atoms with Crippen LogP contribution in [0.25, 0.3) is 0 Å². The highest BCUT2D eigenvalue weighted by Crippen LogP contribution is 2.34. The first-order chi connectivity index (χ1) is 20.1. The fraction of sp³-hybridized carbons (Fsp3) is 0.265. The summed E-state index contributed by atoms with van der Waals surface area (Å²) < 4.78 is 61.6. The second-order valence-corrected chi connectivity index (χ2v) is 10.3. The molecule has 4 aromatic carbocycles. The van der Waals surface area contributed by atoms with Crippen molar-refractivity contribution in [2.45, 2.75) is 44.4 Å². The number of rotatable bonds is 13. The molecule has 0 aliphatic carbocycles. The second kappa shape index (κ2) is 15.5. The molecule has 228 valence electrons. The van der Waals surface area contributed by atoms with Crippen LogP contribution in [0, 0.1) is 5.82 Å². The molecule has 43 heavy (non-hydrogen) atoms. The minimum Gasteiger partial charge on any atom is -0.494 e. The van der Waals surface area contributed by atoms with E-state index in [1.807, 2.05) is 72.5 Å². The molecule has 0 saturated heterocycles. The van der Waals surface area contributed by atoms with Gasteiger partial charge in [-0.15, -0.1) is 12.4 Å². The van der Waals surface area contributed by atoms with Gasteiger partial charge in [0.2, 0.25) is 0 Å². The number of hydrogen-bond acceptors (Lipinski definition) is 3. The Bertz CT molecular complexity index is 1410. The van der Waals surface area contributed by atoms with Crippen LogP contribution >= 0.6 is 12.4 Å². The highest BCUT2D eigenvalue weighted by Gasteiger charge is 2.35. The van der Waals surface area contributed by atoms with Crippen LogP contribution in [0.5, 0.6) is 5.75 Å². The van der Waals surface area contributed by atoms with Crippen molar-refractivity contribution in [2.24, 2.45) is 0 Å². The maximum atomic E-state index is 15.2. The summed E-state index contributed by atoms with van der Waals surface area (Å²) in [5.74, 6) is -1.78. The Kier molecular flexibility index (Phi) is 12.2. The summed E-state index contributed by atoms with van der Waals surface area (Å²) in [6.07, 6.45) is -4.42. The van der Waals surface area contributed by atoms with Gasteiger partial charge in [0.15, 0.2) is 0 Å². The summed E-state index contributed by atoms with van der Waals surface area (Å²) in [6.45, 7) is 2.63. The molecule has 4 rings (SSSR count). The molecule has 0 amide bonds. The average Bonchev–Trinajstić information content (AvgIpc) is 2.96. The van der Waals surface area contributed by atoms with Gasteiger partial charge in [-0.25, -0.2) is 4.39 Å². The first kappa shape index (κ1) is 33.6. The molecule has 9 heteroatoms. The average molecular weight is 616 g/mol. The van der Waals surface area contributed by atoms with Crippen LogP contribution in [0.3, 0.4) is 0 Å². The van der Waals surface area contributed by atoms with E-state index >= 15 is 4.39 Å². The summed E-state index contributed by atoms with van der Waals surface area (Å²) in [5, 5.41) is 9.07. The number of alkyl halides is 3. The summed E-state index contributed by atoms with van der Waals surface area (Å²) in [7, 11) is 0. The molecule has 0 spiro atoms. The van der Waals surface area contributed by atoms with Crippen LogP contribution in [0.15, 0.2) is 103 Å². The third kappa shape index (κ3) is 9.56. The first-order valence-corrected chi connectivity index (χ1v) is 13.7. The Morgan fingerprint density at radius 2 is 1.49 bits per heavy atom. The lowest BCUT2D eigenvalue weighted by Crippen LogP contribution is -2.37. The Labute approximate surface area is 255 Å². The summed E-state index contributed by atoms with van der Waals surface area (Å²) in [4.78, 5) is 13.1. The van der Waals surface area contributed by atoms with Gasteiger partial charge in [-0.2, -0.15) is 13.2 Å². The highest BCUT2D eigenvalue weighted by atomic mass is 35.5. The highest BCUT2D eigenvalue weighted by molar-refractivity contribution is 5.85. The lowest BCUT2D eigenvalue weighted by atomic mass is 9.90. The minimum absolute atomic E-state index is 0. The van der Waals surface area contributed by atoms with Gasteiger partial charge in [-0.3, -0.25) is 9.69 Å². The number of carbonyl (C=O) groups is 1. The zero-order valence-electron chi connectivity index (χ0n) is 23.6. The van der Waals surface area contributed by atoms with E-state index in [-0.39, 0.29) is 49.5 Å². The SMILES string of the molecule is C[C@H](CCOc1cccc(CC(=O)O)c1)N(Cc1cccc(C(F)(F)F)c1F)CC(c1ccccc1)c1ccccc1.Cl. The molecule has 0 aromatic heterocycles. The summed E-state index contributed by atoms with van der Waals surface area (Å²) in [6, 6.07) is 29.7. The molecule has 0 aliphatic heterocycles. The molecule has 4 nitrogen and oxygen atoms in total. The molecule has 0 unspecified atom stereocenters. The van der Waals surface area contributed by atoms with Gasteiger partial charge < -0.3 is 9.84 Å². The Morgan fingerprint density at radius 3 is 2.07 bits per heavy atom. The van der Waals surface area contributed by atoms with Crippen molar-refractivity contribution in [1.82, 2.24) is 4.90 Å². The predicted octanol–water partition coefficient (Wildman–Crippen LogP) is 8.39. The zero-order chi connectivity index (χ0) is 30.1. The minimum atomic E-state index is -4.80. The first-order valence-electron chi connectivity index (χ1n) is 13.7. The van der Waals surface area contributed by atoms with Gasteiger partial charge in [0.05, 0.1) is 18.6 Å². The molecule has 0 bridgehead atoms. The molecule has 0 fully saturated rings. The molecule has 0 heterocycles. The van der Waals surface area contributed by atoms with Crippen LogP contribution in [0.4, 0.5) is 17.6 Å². The van der Waals surface area contributed by atoms with E-state index in [9.17, 15) is 18.0 Å². The lowest BCUT2D eigenvalue weighted by Gasteiger charge is -2.33. The number of benzene rings is 4. The molecule has 0 saturated carbocycles. The van der Waals surface area contributed by atoms with Crippen molar-refractivity contribution in [3.05, 3.63) is 137 Å². The zero-order valence-corrected chi connectivity index (χ0v) is 24.5. The van der Waals surface area contributed by atoms with Gasteiger partial charge in [0, 0.05) is 30.6 Å². The fourth-order valence-electron chi connectivity index (χ4n) is 5.00.